The fraction of sp³-hybridized carbons (Fsp3) is 0.429. The predicted octanol–water partition coefficient (Wildman–Crippen LogP) is 1.52. The average molecular weight is 419 g/mol. The highest BCUT2D eigenvalue weighted by molar-refractivity contribution is 6.27. The second-order valence-electron chi connectivity index (χ2n) is 6.95. The molecule has 0 saturated carbocycles. The number of benzene rings is 1. The number of methoxy groups -OCH3 is 2. The minimum absolute atomic E-state index is 0.883. The summed E-state index contributed by atoms with van der Waals surface area (Å²) in [5.41, 5.74) is 2.56. The van der Waals surface area contributed by atoms with E-state index in [1.807, 2.05) is 12.1 Å². The molecule has 2 heterocycles. The molecule has 2 N–H and O–H groups in total. The van der Waals surface area contributed by atoms with Gasteiger partial charge in [-0.05, 0) is 30.3 Å². The lowest BCUT2D eigenvalue weighted by Crippen LogP contribution is -2.45. The first-order valence-electron chi connectivity index (χ1n) is 9.56. The Bertz CT molecular complexity index is 831. The van der Waals surface area contributed by atoms with Crippen molar-refractivity contribution >= 4 is 11.9 Å². The lowest BCUT2D eigenvalue weighted by atomic mass is 10.1. The monoisotopic (exact) mass is 419 g/mol. The molecule has 1 aliphatic heterocycles. The van der Waals surface area contributed by atoms with Crippen molar-refractivity contribution in [3.05, 3.63) is 47.8 Å². The van der Waals surface area contributed by atoms with E-state index < -0.39 is 11.9 Å². The van der Waals surface area contributed by atoms with Gasteiger partial charge in [-0.25, -0.2) is 9.59 Å². The van der Waals surface area contributed by atoms with Gasteiger partial charge in [0.25, 0.3) is 0 Å². The lowest BCUT2D eigenvalue weighted by molar-refractivity contribution is -0.159. The van der Waals surface area contributed by atoms with Crippen molar-refractivity contribution < 1.29 is 29.3 Å². The fourth-order valence-corrected chi connectivity index (χ4v) is 3.24. The summed E-state index contributed by atoms with van der Waals surface area (Å²) >= 11 is 0. The van der Waals surface area contributed by atoms with Gasteiger partial charge in [-0.3, -0.25) is 9.80 Å². The zero-order chi connectivity index (χ0) is 22.1. The molecule has 0 unspecified atom stereocenters. The van der Waals surface area contributed by atoms with E-state index in [1.54, 1.807) is 14.2 Å². The molecule has 9 nitrogen and oxygen atoms in total. The van der Waals surface area contributed by atoms with Crippen LogP contribution >= 0.6 is 0 Å². The second-order valence-corrected chi connectivity index (χ2v) is 6.95. The summed E-state index contributed by atoms with van der Waals surface area (Å²) < 4.78 is 13.0. The first kappa shape index (κ1) is 23.2. The number of hydrogen-bond acceptors (Lipinski definition) is 6. The first-order valence-corrected chi connectivity index (χ1v) is 9.56. The van der Waals surface area contributed by atoms with Crippen LogP contribution in [0.5, 0.6) is 11.5 Å². The van der Waals surface area contributed by atoms with Crippen LogP contribution in [-0.2, 0) is 29.7 Å². The third kappa shape index (κ3) is 6.78. The molecule has 1 aromatic carbocycles. The van der Waals surface area contributed by atoms with Crippen LogP contribution in [0.3, 0.4) is 0 Å². The van der Waals surface area contributed by atoms with E-state index in [0.717, 1.165) is 50.8 Å². The highest BCUT2D eigenvalue weighted by Crippen LogP contribution is 2.25. The zero-order valence-corrected chi connectivity index (χ0v) is 17.6. The fourth-order valence-electron chi connectivity index (χ4n) is 3.24. The highest BCUT2D eigenvalue weighted by atomic mass is 16.5. The van der Waals surface area contributed by atoms with Crippen molar-refractivity contribution in [2.45, 2.75) is 13.1 Å². The Labute approximate surface area is 176 Å². The maximum absolute atomic E-state index is 9.10. The van der Waals surface area contributed by atoms with Gasteiger partial charge in [-0.2, -0.15) is 0 Å². The molecule has 1 fully saturated rings. The number of carboxylic acid groups (broad SMARTS) is 2. The van der Waals surface area contributed by atoms with E-state index >= 15 is 0 Å². The van der Waals surface area contributed by atoms with Crippen molar-refractivity contribution in [3.8, 4) is 11.5 Å². The molecule has 2 aromatic rings. The number of carboxylic acids is 2. The molecule has 30 heavy (non-hydrogen) atoms. The number of carbonyl (C=O) groups is 2. The van der Waals surface area contributed by atoms with Gasteiger partial charge in [-0.15, -0.1) is 0 Å². The van der Waals surface area contributed by atoms with Crippen molar-refractivity contribution in [2.24, 2.45) is 7.05 Å². The summed E-state index contributed by atoms with van der Waals surface area (Å²) in [6.07, 6.45) is 2.11. The Morgan fingerprint density at radius 2 is 1.53 bits per heavy atom. The van der Waals surface area contributed by atoms with E-state index in [-0.39, 0.29) is 0 Å². The van der Waals surface area contributed by atoms with Crippen LogP contribution < -0.4 is 9.47 Å². The molecule has 0 radical (unpaired) electrons. The maximum atomic E-state index is 9.10. The summed E-state index contributed by atoms with van der Waals surface area (Å²) in [6.45, 7) is 6.27. The zero-order valence-electron chi connectivity index (χ0n) is 17.6. The summed E-state index contributed by atoms with van der Waals surface area (Å²) in [5, 5.41) is 14.8. The van der Waals surface area contributed by atoms with Gasteiger partial charge in [0.2, 0.25) is 0 Å². The SMILES string of the molecule is COc1ccc(OC)c(CN2CCN(Cc3cccn3C)CC2)c1.O=C(O)C(=O)O. The number of aliphatic carboxylic acids is 2. The Morgan fingerprint density at radius 3 is 2.00 bits per heavy atom. The Morgan fingerprint density at radius 1 is 0.933 bits per heavy atom. The minimum Gasteiger partial charge on any atom is -0.497 e. The van der Waals surface area contributed by atoms with E-state index in [2.05, 4.69) is 45.8 Å². The molecule has 0 spiro atoms. The van der Waals surface area contributed by atoms with Crippen LogP contribution in [0.4, 0.5) is 0 Å². The van der Waals surface area contributed by atoms with Gasteiger partial charge in [-0.1, -0.05) is 0 Å². The van der Waals surface area contributed by atoms with Gasteiger partial charge < -0.3 is 24.3 Å². The molecular formula is C21H29N3O6. The number of hydrogen-bond donors (Lipinski definition) is 2. The summed E-state index contributed by atoms with van der Waals surface area (Å²) in [7, 11) is 5.54. The summed E-state index contributed by atoms with van der Waals surface area (Å²) in [4.78, 5) is 23.2. The maximum Gasteiger partial charge on any atom is 0.414 e. The van der Waals surface area contributed by atoms with Crippen molar-refractivity contribution in [1.29, 1.82) is 0 Å². The molecule has 0 atom stereocenters. The number of nitrogens with zero attached hydrogens (tertiary/aromatic N) is 3. The standard InChI is InChI=1S/C19H27N3O2.C2H2O4/c1-20-8-4-5-17(20)15-22-11-9-21(10-12-22)14-16-13-18(23-2)6-7-19(16)24-3;3-1(4)2(5)6/h4-8,13H,9-12,14-15H2,1-3H3;(H,3,4)(H,5,6). The Hall–Kier alpha value is -3.04. The predicted molar refractivity (Wildman–Crippen MR) is 111 cm³/mol. The van der Waals surface area contributed by atoms with E-state index in [9.17, 15) is 0 Å². The van der Waals surface area contributed by atoms with Gasteiger partial charge in [0.15, 0.2) is 0 Å². The van der Waals surface area contributed by atoms with Gasteiger partial charge in [0.05, 0.1) is 14.2 Å². The van der Waals surface area contributed by atoms with Crippen molar-refractivity contribution in [2.75, 3.05) is 40.4 Å². The number of rotatable bonds is 6. The number of piperazine rings is 1. The van der Waals surface area contributed by atoms with Crippen LogP contribution in [-0.4, -0.2) is 76.9 Å². The largest absolute Gasteiger partial charge is 0.497 e. The molecule has 0 aliphatic carbocycles. The molecule has 3 rings (SSSR count). The lowest BCUT2D eigenvalue weighted by Gasteiger charge is -2.35. The topological polar surface area (TPSA) is 104 Å². The van der Waals surface area contributed by atoms with Gasteiger partial charge >= 0.3 is 11.9 Å². The minimum atomic E-state index is -1.82. The molecule has 1 aliphatic rings. The van der Waals surface area contributed by atoms with E-state index in [0.29, 0.717) is 0 Å². The number of aromatic nitrogens is 1. The average Bonchev–Trinajstić information content (AvgIpc) is 3.14. The van der Waals surface area contributed by atoms with Crippen LogP contribution in [0.1, 0.15) is 11.3 Å². The molecule has 0 amide bonds. The first-order chi connectivity index (χ1) is 14.3. The Kier molecular flexibility index (Phi) is 8.70. The summed E-state index contributed by atoms with van der Waals surface area (Å²) in [5.74, 6) is -1.83. The summed E-state index contributed by atoms with van der Waals surface area (Å²) in [6, 6.07) is 10.3. The van der Waals surface area contributed by atoms with Crippen LogP contribution in [0, 0.1) is 0 Å². The third-order valence-corrected chi connectivity index (χ3v) is 4.97. The van der Waals surface area contributed by atoms with Crippen LogP contribution in [0.2, 0.25) is 0 Å². The van der Waals surface area contributed by atoms with E-state index in [4.69, 9.17) is 29.3 Å². The highest BCUT2D eigenvalue weighted by Gasteiger charge is 2.19. The van der Waals surface area contributed by atoms with Crippen molar-refractivity contribution in [3.63, 3.8) is 0 Å². The molecule has 1 aromatic heterocycles. The molecule has 1 saturated heterocycles. The number of ether oxygens (including phenoxy) is 2. The smallest absolute Gasteiger partial charge is 0.414 e. The quantitative estimate of drug-likeness (QED) is 0.679. The molecule has 164 valence electrons. The number of aryl methyl sites for hydroxylation is 1. The van der Waals surface area contributed by atoms with Crippen molar-refractivity contribution in [1.82, 2.24) is 14.4 Å². The van der Waals surface area contributed by atoms with Crippen LogP contribution in [0.25, 0.3) is 0 Å². The molecular weight excluding hydrogens is 390 g/mol. The second kappa shape index (κ2) is 11.2. The normalized spacial score (nSPS) is 14.5. The van der Waals surface area contributed by atoms with Crippen LogP contribution in [0.15, 0.2) is 36.5 Å². The van der Waals surface area contributed by atoms with E-state index in [1.165, 1.54) is 11.3 Å². The molecule has 0 bridgehead atoms. The third-order valence-electron chi connectivity index (χ3n) is 4.97. The van der Waals surface area contributed by atoms with Gasteiger partial charge in [0.1, 0.15) is 11.5 Å². The molecule has 9 heteroatoms. The van der Waals surface area contributed by atoms with Gasteiger partial charge in [0, 0.05) is 63.8 Å². The Balaban J connectivity index is 0.000000469.